The maximum Gasteiger partial charge on any atom is 0.310 e. The summed E-state index contributed by atoms with van der Waals surface area (Å²) in [5.41, 5.74) is 0.0168. The molecule has 87 valence electrons. The van der Waals surface area contributed by atoms with Gasteiger partial charge in [0.15, 0.2) is 5.75 Å². The van der Waals surface area contributed by atoms with E-state index < -0.39 is 4.92 Å². The topological polar surface area (TPSA) is 52.4 Å². The van der Waals surface area contributed by atoms with E-state index in [-0.39, 0.29) is 11.8 Å². The van der Waals surface area contributed by atoms with Crippen molar-refractivity contribution in [2.75, 3.05) is 0 Å². The molecule has 1 rings (SSSR count). The van der Waals surface area contributed by atoms with E-state index in [1.165, 1.54) is 12.0 Å². The van der Waals surface area contributed by atoms with Gasteiger partial charge in [0, 0.05) is 6.07 Å². The second-order valence-electron chi connectivity index (χ2n) is 4.06. The quantitative estimate of drug-likeness (QED) is 0.567. The van der Waals surface area contributed by atoms with Gasteiger partial charge in [-0.15, -0.1) is 0 Å². The Kier molecular flexibility index (Phi) is 4.28. The summed E-state index contributed by atoms with van der Waals surface area (Å²) in [4.78, 5) is 10.3. The molecule has 1 radical (unpaired) electrons. The maximum atomic E-state index is 10.7. The van der Waals surface area contributed by atoms with Crippen molar-refractivity contribution in [2.24, 2.45) is 0 Å². The van der Waals surface area contributed by atoms with Gasteiger partial charge in [0.25, 0.3) is 0 Å². The van der Waals surface area contributed by atoms with Crippen molar-refractivity contribution in [3.8, 4) is 5.75 Å². The fourth-order valence-electron chi connectivity index (χ4n) is 1.54. The molecule has 0 saturated carbocycles. The first-order valence-corrected chi connectivity index (χ1v) is 5.20. The molecule has 4 nitrogen and oxygen atoms in total. The average molecular weight is 222 g/mol. The van der Waals surface area contributed by atoms with Gasteiger partial charge in [-0.3, -0.25) is 10.1 Å². The third-order valence-electron chi connectivity index (χ3n) is 2.09. The van der Waals surface area contributed by atoms with Crippen molar-refractivity contribution in [3.05, 3.63) is 40.3 Å². The zero-order valence-electron chi connectivity index (χ0n) is 9.77. The van der Waals surface area contributed by atoms with Crippen molar-refractivity contribution < 1.29 is 9.66 Å². The van der Waals surface area contributed by atoms with E-state index in [0.29, 0.717) is 5.75 Å². The molecule has 0 N–H and O–H groups in total. The molecule has 0 spiro atoms. The number of para-hydroxylation sites is 2. The van der Waals surface area contributed by atoms with Crippen molar-refractivity contribution in [1.82, 2.24) is 0 Å². The summed E-state index contributed by atoms with van der Waals surface area (Å²) in [6.45, 7) is 5.93. The first-order chi connectivity index (χ1) is 7.50. The highest BCUT2D eigenvalue weighted by atomic mass is 16.6. The normalized spacial score (nSPS) is 12.5. The Morgan fingerprint density at radius 1 is 1.44 bits per heavy atom. The number of ether oxygens (including phenoxy) is 1. The summed E-state index contributed by atoms with van der Waals surface area (Å²) in [6.07, 6.45) is 0.748. The van der Waals surface area contributed by atoms with Crippen LogP contribution in [-0.2, 0) is 0 Å². The summed E-state index contributed by atoms with van der Waals surface area (Å²) in [7, 11) is 0. The van der Waals surface area contributed by atoms with E-state index in [0.717, 1.165) is 6.42 Å². The Morgan fingerprint density at radius 3 is 2.62 bits per heavy atom. The van der Waals surface area contributed by atoms with Crippen molar-refractivity contribution in [1.29, 1.82) is 0 Å². The molecular formula is C12H16NO3. The minimum atomic E-state index is -0.426. The van der Waals surface area contributed by atoms with Gasteiger partial charge in [0.1, 0.15) is 0 Å². The lowest BCUT2D eigenvalue weighted by molar-refractivity contribution is -0.386. The fraction of sp³-hybridized carbons (Fsp3) is 0.417. The Bertz CT molecular complexity index is 363. The van der Waals surface area contributed by atoms with E-state index in [9.17, 15) is 10.1 Å². The third kappa shape index (κ3) is 3.53. The van der Waals surface area contributed by atoms with Crippen LogP contribution in [0.2, 0.25) is 0 Å². The maximum absolute atomic E-state index is 10.7. The lowest BCUT2D eigenvalue weighted by atomic mass is 10.1. The molecule has 0 aromatic heterocycles. The minimum Gasteiger partial charge on any atom is -0.484 e. The van der Waals surface area contributed by atoms with Crippen molar-refractivity contribution in [2.45, 2.75) is 33.3 Å². The van der Waals surface area contributed by atoms with Crippen LogP contribution in [-0.4, -0.2) is 11.0 Å². The molecule has 1 atom stereocenters. The number of nitrogens with zero attached hydrogens (tertiary/aromatic N) is 1. The second-order valence-corrected chi connectivity index (χ2v) is 4.06. The Balaban J connectivity index is 2.76. The second kappa shape index (κ2) is 5.49. The first kappa shape index (κ1) is 12.5. The molecule has 1 unspecified atom stereocenters. The molecule has 16 heavy (non-hydrogen) atoms. The molecule has 0 aliphatic carbocycles. The van der Waals surface area contributed by atoms with Crippen molar-refractivity contribution in [3.63, 3.8) is 0 Å². The van der Waals surface area contributed by atoms with Gasteiger partial charge < -0.3 is 4.74 Å². The standard InChI is InChI=1S/C12H16NO3/c1-9(2)8-10(3)16-12-7-5-4-6-11(12)13(14)15/h4-7,10H,8H2,1-3H3. The molecular weight excluding hydrogens is 206 g/mol. The highest BCUT2D eigenvalue weighted by Crippen LogP contribution is 2.27. The fourth-order valence-corrected chi connectivity index (χ4v) is 1.54. The van der Waals surface area contributed by atoms with Gasteiger partial charge in [-0.05, 0) is 25.3 Å². The molecule has 4 heteroatoms. The van der Waals surface area contributed by atoms with Gasteiger partial charge in [-0.25, -0.2) is 0 Å². The van der Waals surface area contributed by atoms with E-state index >= 15 is 0 Å². The highest BCUT2D eigenvalue weighted by Gasteiger charge is 2.16. The smallest absolute Gasteiger partial charge is 0.310 e. The van der Waals surface area contributed by atoms with Crippen molar-refractivity contribution >= 4 is 5.69 Å². The molecule has 0 amide bonds. The summed E-state index contributed by atoms with van der Waals surface area (Å²) in [5.74, 6) is 1.58. The van der Waals surface area contributed by atoms with Crippen LogP contribution < -0.4 is 4.74 Å². The third-order valence-corrected chi connectivity index (χ3v) is 2.09. The summed E-state index contributed by atoms with van der Waals surface area (Å²) >= 11 is 0. The zero-order valence-corrected chi connectivity index (χ0v) is 9.77. The summed E-state index contributed by atoms with van der Waals surface area (Å²) in [5, 5.41) is 10.7. The Labute approximate surface area is 95.4 Å². The van der Waals surface area contributed by atoms with Crippen LogP contribution in [0.1, 0.15) is 27.2 Å². The van der Waals surface area contributed by atoms with E-state index in [4.69, 9.17) is 4.74 Å². The van der Waals surface area contributed by atoms with Crippen LogP contribution in [0.5, 0.6) is 5.75 Å². The van der Waals surface area contributed by atoms with Gasteiger partial charge in [-0.2, -0.15) is 0 Å². The number of benzene rings is 1. The van der Waals surface area contributed by atoms with E-state index in [1.807, 2.05) is 20.8 Å². The van der Waals surface area contributed by atoms with Crippen LogP contribution in [0.25, 0.3) is 0 Å². The van der Waals surface area contributed by atoms with Gasteiger partial charge in [0.05, 0.1) is 11.0 Å². The largest absolute Gasteiger partial charge is 0.484 e. The highest BCUT2D eigenvalue weighted by molar-refractivity contribution is 5.45. The number of hydrogen-bond donors (Lipinski definition) is 0. The predicted molar refractivity (Wildman–Crippen MR) is 62.4 cm³/mol. The van der Waals surface area contributed by atoms with E-state index in [2.05, 4.69) is 0 Å². The summed E-state index contributed by atoms with van der Waals surface area (Å²) in [6, 6.07) is 6.44. The lowest BCUT2D eigenvalue weighted by Gasteiger charge is -2.16. The first-order valence-electron chi connectivity index (χ1n) is 5.20. The Morgan fingerprint density at radius 2 is 2.06 bits per heavy atom. The number of hydrogen-bond acceptors (Lipinski definition) is 3. The number of rotatable bonds is 5. The van der Waals surface area contributed by atoms with Crippen LogP contribution >= 0.6 is 0 Å². The molecule has 0 aliphatic rings. The van der Waals surface area contributed by atoms with Gasteiger partial charge in [0.2, 0.25) is 0 Å². The Hall–Kier alpha value is -1.58. The predicted octanol–water partition coefficient (Wildman–Crippen LogP) is 3.37. The lowest BCUT2D eigenvalue weighted by Crippen LogP contribution is -2.14. The van der Waals surface area contributed by atoms with E-state index in [1.54, 1.807) is 18.2 Å². The van der Waals surface area contributed by atoms with Crippen LogP contribution in [0, 0.1) is 16.0 Å². The molecule has 0 heterocycles. The minimum absolute atomic E-state index is 0.0168. The van der Waals surface area contributed by atoms with Gasteiger partial charge >= 0.3 is 5.69 Å². The molecule has 1 aromatic rings. The van der Waals surface area contributed by atoms with Crippen LogP contribution in [0.3, 0.4) is 0 Å². The zero-order chi connectivity index (χ0) is 12.1. The molecule has 1 aromatic carbocycles. The SMILES string of the molecule is C[C](C)CC(C)Oc1ccccc1[N+](=O)[O-]. The van der Waals surface area contributed by atoms with Crippen LogP contribution in [0.15, 0.2) is 24.3 Å². The van der Waals surface area contributed by atoms with Crippen LogP contribution in [0.4, 0.5) is 5.69 Å². The number of nitro groups is 1. The monoisotopic (exact) mass is 222 g/mol. The van der Waals surface area contributed by atoms with Gasteiger partial charge in [-0.1, -0.05) is 26.0 Å². The summed E-state index contributed by atoms with van der Waals surface area (Å²) < 4.78 is 5.56. The molecule has 0 aliphatic heterocycles. The molecule has 0 bridgehead atoms. The molecule has 0 saturated heterocycles. The molecule has 0 fully saturated rings. The number of nitro benzene ring substituents is 1. The average Bonchev–Trinajstić information content (AvgIpc) is 2.16.